The quantitative estimate of drug-likeness (QED) is 0.379. The molecule has 0 aromatic heterocycles. The van der Waals surface area contributed by atoms with Crippen LogP contribution in [0.25, 0.3) is 0 Å². The number of esters is 2. The van der Waals surface area contributed by atoms with E-state index in [2.05, 4.69) is 0 Å². The molecule has 0 aliphatic carbocycles. The van der Waals surface area contributed by atoms with E-state index in [1.807, 2.05) is 0 Å². The van der Waals surface area contributed by atoms with Crippen molar-refractivity contribution in [2.45, 2.75) is 0 Å². The average molecular weight is 400 g/mol. The van der Waals surface area contributed by atoms with Crippen molar-refractivity contribution < 1.29 is 43.6 Å². The van der Waals surface area contributed by atoms with Crippen molar-refractivity contribution in [3.63, 3.8) is 0 Å². The van der Waals surface area contributed by atoms with Gasteiger partial charge in [-0.15, -0.1) is 0 Å². The zero-order chi connectivity index (χ0) is 21.2. The molecule has 0 unspecified atom stereocenters. The summed E-state index contributed by atoms with van der Waals surface area (Å²) in [7, 11) is 0. The molecule has 0 amide bonds. The van der Waals surface area contributed by atoms with Gasteiger partial charge in [-0.05, 0) is 12.1 Å². The molecule has 0 bridgehead atoms. The molecule has 2 aromatic carbocycles. The molecule has 0 saturated heterocycles. The van der Waals surface area contributed by atoms with E-state index in [0.29, 0.717) is 0 Å². The number of ether oxygens (including phenoxy) is 3. The predicted octanol–water partition coefficient (Wildman–Crippen LogP) is -0.556. The van der Waals surface area contributed by atoms with Crippen LogP contribution < -0.4 is 10.2 Å². The minimum atomic E-state index is -1.49. The number of hydrogen-bond donors (Lipinski definition) is 0. The molecule has 2 rings (SSSR count). The highest BCUT2D eigenvalue weighted by Crippen LogP contribution is 2.10. The number of carboxylic acids is 2. The Labute approximate surface area is 165 Å². The number of hydrogen-bond acceptors (Lipinski definition) is 9. The van der Waals surface area contributed by atoms with Gasteiger partial charge in [0.1, 0.15) is 13.2 Å². The summed E-state index contributed by atoms with van der Waals surface area (Å²) in [5, 5.41) is 21.9. The summed E-state index contributed by atoms with van der Waals surface area (Å²) in [5.41, 5.74) is -0.814. The van der Waals surface area contributed by atoms with Gasteiger partial charge in [0.2, 0.25) is 0 Å². The van der Waals surface area contributed by atoms with Gasteiger partial charge in [0.25, 0.3) is 0 Å². The Morgan fingerprint density at radius 1 is 0.586 bits per heavy atom. The lowest BCUT2D eigenvalue weighted by Gasteiger charge is -2.11. The number of carbonyl (C=O) groups excluding carboxylic acids is 4. The number of carbonyl (C=O) groups is 4. The zero-order valence-electron chi connectivity index (χ0n) is 15.1. The first-order valence-electron chi connectivity index (χ1n) is 8.44. The smallest absolute Gasteiger partial charge is 0.338 e. The number of benzene rings is 2. The zero-order valence-corrected chi connectivity index (χ0v) is 15.1. The van der Waals surface area contributed by atoms with E-state index in [0.717, 1.165) is 0 Å². The molecule has 29 heavy (non-hydrogen) atoms. The predicted molar refractivity (Wildman–Crippen MR) is 92.9 cm³/mol. The molecule has 9 heteroatoms. The normalized spacial score (nSPS) is 10.2. The summed E-state index contributed by atoms with van der Waals surface area (Å²) in [6.45, 7) is -0.345. The topological polar surface area (TPSA) is 142 Å². The lowest BCUT2D eigenvalue weighted by atomic mass is 10.1. The monoisotopic (exact) mass is 400 g/mol. The SMILES string of the molecule is O=C([O-])c1ccccc1C(=O)OCCOCCOC(=O)c1ccccc1C(=O)[O-]. The Morgan fingerprint density at radius 2 is 0.931 bits per heavy atom. The van der Waals surface area contributed by atoms with Gasteiger partial charge in [0.15, 0.2) is 0 Å². The number of rotatable bonds is 10. The van der Waals surface area contributed by atoms with Crippen LogP contribution in [0, 0.1) is 0 Å². The van der Waals surface area contributed by atoms with Crippen LogP contribution in [0.2, 0.25) is 0 Å². The van der Waals surface area contributed by atoms with Crippen molar-refractivity contribution in [1.82, 2.24) is 0 Å². The second kappa shape index (κ2) is 10.6. The highest BCUT2D eigenvalue weighted by molar-refractivity contribution is 6.02. The van der Waals surface area contributed by atoms with Crippen molar-refractivity contribution in [1.29, 1.82) is 0 Å². The summed E-state index contributed by atoms with van der Waals surface area (Å²) in [6, 6.07) is 11.0. The van der Waals surface area contributed by atoms with Crippen LogP contribution in [-0.2, 0) is 14.2 Å². The molecule has 152 valence electrons. The van der Waals surface area contributed by atoms with Gasteiger partial charge in [-0.3, -0.25) is 0 Å². The first kappa shape index (κ1) is 21.6. The molecule has 0 aliphatic heterocycles. The van der Waals surface area contributed by atoms with E-state index in [4.69, 9.17) is 14.2 Å². The lowest BCUT2D eigenvalue weighted by Crippen LogP contribution is -2.26. The van der Waals surface area contributed by atoms with Crippen LogP contribution >= 0.6 is 0 Å². The fourth-order valence-electron chi connectivity index (χ4n) is 2.32. The largest absolute Gasteiger partial charge is 0.545 e. The molecule has 0 radical (unpaired) electrons. The number of carboxylic acid groups (broad SMARTS) is 2. The summed E-state index contributed by atoms with van der Waals surface area (Å²) < 4.78 is 15.0. The summed E-state index contributed by atoms with van der Waals surface area (Å²) in [5.74, 6) is -4.65. The van der Waals surface area contributed by atoms with E-state index in [1.165, 1.54) is 48.5 Å². The minimum absolute atomic E-state index is 0.0214. The Kier molecular flexibility index (Phi) is 7.87. The fourth-order valence-corrected chi connectivity index (χ4v) is 2.32. The van der Waals surface area contributed by atoms with Crippen molar-refractivity contribution >= 4 is 23.9 Å². The third kappa shape index (κ3) is 6.15. The minimum Gasteiger partial charge on any atom is -0.545 e. The van der Waals surface area contributed by atoms with Crippen LogP contribution in [-0.4, -0.2) is 50.3 Å². The molecule has 0 spiro atoms. The molecule has 0 saturated carbocycles. The van der Waals surface area contributed by atoms with Gasteiger partial charge >= 0.3 is 11.9 Å². The van der Waals surface area contributed by atoms with Gasteiger partial charge in [-0.2, -0.15) is 0 Å². The maximum Gasteiger partial charge on any atom is 0.338 e. The maximum absolute atomic E-state index is 11.9. The van der Waals surface area contributed by atoms with Crippen LogP contribution in [0.4, 0.5) is 0 Å². The second-order valence-corrected chi connectivity index (χ2v) is 5.55. The Morgan fingerprint density at radius 3 is 1.28 bits per heavy atom. The van der Waals surface area contributed by atoms with Crippen molar-refractivity contribution in [2.75, 3.05) is 26.4 Å². The van der Waals surface area contributed by atoms with Gasteiger partial charge < -0.3 is 34.0 Å². The third-order valence-electron chi connectivity index (χ3n) is 3.66. The Balaban J connectivity index is 1.69. The molecular weight excluding hydrogens is 384 g/mol. The average Bonchev–Trinajstić information content (AvgIpc) is 2.72. The molecular formula is C20H16O9-2. The molecule has 0 atom stereocenters. The molecule has 9 nitrogen and oxygen atoms in total. The van der Waals surface area contributed by atoms with E-state index in [1.54, 1.807) is 0 Å². The first-order chi connectivity index (χ1) is 13.9. The van der Waals surface area contributed by atoms with E-state index in [9.17, 15) is 29.4 Å². The van der Waals surface area contributed by atoms with Gasteiger partial charge in [-0.1, -0.05) is 36.4 Å². The second-order valence-electron chi connectivity index (χ2n) is 5.55. The summed E-state index contributed by atoms with van der Waals surface area (Å²) >= 11 is 0. The van der Waals surface area contributed by atoms with Crippen LogP contribution in [0.15, 0.2) is 48.5 Å². The number of aromatic carboxylic acids is 2. The van der Waals surface area contributed by atoms with Gasteiger partial charge in [-0.25, -0.2) is 9.59 Å². The standard InChI is InChI=1S/C20H18O9/c21-17(22)13-5-1-3-7-15(13)19(25)28-11-9-27-10-12-29-20(26)16-8-4-2-6-14(16)18(23)24/h1-8H,9-12H2,(H,21,22)(H,23,24)/p-2. The highest BCUT2D eigenvalue weighted by atomic mass is 16.6. The van der Waals surface area contributed by atoms with Gasteiger partial charge in [0.05, 0.1) is 36.3 Å². The van der Waals surface area contributed by atoms with Crippen molar-refractivity contribution in [2.24, 2.45) is 0 Å². The van der Waals surface area contributed by atoms with Crippen LogP contribution in [0.1, 0.15) is 41.4 Å². The molecule has 0 fully saturated rings. The van der Waals surface area contributed by atoms with Crippen LogP contribution in [0.5, 0.6) is 0 Å². The van der Waals surface area contributed by atoms with Crippen LogP contribution in [0.3, 0.4) is 0 Å². The molecule has 0 heterocycles. The fraction of sp³-hybridized carbons (Fsp3) is 0.200. The van der Waals surface area contributed by atoms with E-state index < -0.39 is 23.9 Å². The van der Waals surface area contributed by atoms with E-state index >= 15 is 0 Å². The maximum atomic E-state index is 11.9. The molecule has 0 aliphatic rings. The van der Waals surface area contributed by atoms with Crippen molar-refractivity contribution in [3.8, 4) is 0 Å². The molecule has 0 N–H and O–H groups in total. The summed E-state index contributed by atoms with van der Waals surface area (Å²) in [4.78, 5) is 45.7. The molecule has 2 aromatic rings. The van der Waals surface area contributed by atoms with E-state index in [-0.39, 0.29) is 48.7 Å². The highest BCUT2D eigenvalue weighted by Gasteiger charge is 2.14. The third-order valence-corrected chi connectivity index (χ3v) is 3.66. The Bertz CT molecular complexity index is 831. The van der Waals surface area contributed by atoms with Gasteiger partial charge in [0, 0.05) is 11.1 Å². The van der Waals surface area contributed by atoms with Crippen molar-refractivity contribution in [3.05, 3.63) is 70.8 Å². The summed E-state index contributed by atoms with van der Waals surface area (Å²) in [6.07, 6.45) is 0. The first-order valence-corrected chi connectivity index (χ1v) is 8.44. The Hall–Kier alpha value is -3.72. The lowest BCUT2D eigenvalue weighted by molar-refractivity contribution is -0.256.